The van der Waals surface area contributed by atoms with Gasteiger partial charge >= 0.3 is 0 Å². The lowest BCUT2D eigenvalue weighted by Crippen LogP contribution is -1.99. The van der Waals surface area contributed by atoms with Gasteiger partial charge in [0.05, 0.1) is 5.02 Å². The van der Waals surface area contributed by atoms with E-state index in [9.17, 15) is 4.79 Å². The smallest absolute Gasteiger partial charge is 0.162 e. The number of carbonyl (C=O) groups is 1. The average molecular weight is 365 g/mol. The summed E-state index contributed by atoms with van der Waals surface area (Å²) in [6.07, 6.45) is 6.52. The SMILES string of the molecule is CCCCCCCC(=O)c1ccc(I)c(Cl)c1. The molecule has 0 fully saturated rings. The second-order valence-corrected chi connectivity index (χ2v) is 5.79. The molecule has 1 aromatic rings. The zero-order chi connectivity index (χ0) is 12.7. The molecule has 0 bridgehead atoms. The number of rotatable bonds is 7. The summed E-state index contributed by atoms with van der Waals surface area (Å²) in [5, 5.41) is 0.669. The molecule has 94 valence electrons. The maximum Gasteiger partial charge on any atom is 0.162 e. The van der Waals surface area contributed by atoms with Gasteiger partial charge in [-0.25, -0.2) is 0 Å². The van der Waals surface area contributed by atoms with Crippen LogP contribution in [0.15, 0.2) is 18.2 Å². The van der Waals surface area contributed by atoms with E-state index in [0.29, 0.717) is 11.4 Å². The molecule has 0 heterocycles. The summed E-state index contributed by atoms with van der Waals surface area (Å²) in [6.45, 7) is 2.19. The maximum absolute atomic E-state index is 11.9. The third kappa shape index (κ3) is 5.38. The summed E-state index contributed by atoms with van der Waals surface area (Å²) in [5.41, 5.74) is 0.742. The van der Waals surface area contributed by atoms with Crippen LogP contribution in [0.2, 0.25) is 5.02 Å². The first kappa shape index (κ1) is 15.0. The zero-order valence-corrected chi connectivity index (χ0v) is 13.1. The van der Waals surface area contributed by atoms with Gasteiger partial charge in [-0.3, -0.25) is 4.79 Å². The van der Waals surface area contributed by atoms with E-state index >= 15 is 0 Å². The van der Waals surface area contributed by atoms with E-state index in [1.165, 1.54) is 19.3 Å². The first-order chi connectivity index (χ1) is 8.15. The van der Waals surface area contributed by atoms with Crippen molar-refractivity contribution in [3.05, 3.63) is 32.4 Å². The van der Waals surface area contributed by atoms with Gasteiger partial charge in [0.15, 0.2) is 5.78 Å². The Hall–Kier alpha value is -0.0900. The largest absolute Gasteiger partial charge is 0.294 e. The molecule has 17 heavy (non-hydrogen) atoms. The van der Waals surface area contributed by atoms with Crippen molar-refractivity contribution in [2.75, 3.05) is 0 Å². The van der Waals surface area contributed by atoms with Gasteiger partial charge in [0.1, 0.15) is 0 Å². The molecule has 1 aromatic carbocycles. The molecule has 0 atom stereocenters. The van der Waals surface area contributed by atoms with E-state index in [0.717, 1.165) is 22.0 Å². The molecule has 0 saturated heterocycles. The number of hydrogen-bond donors (Lipinski definition) is 0. The molecule has 0 amide bonds. The molecule has 1 nitrogen and oxygen atoms in total. The summed E-state index contributed by atoms with van der Waals surface area (Å²) in [5.74, 6) is 0.208. The van der Waals surface area contributed by atoms with Crippen LogP contribution in [0, 0.1) is 3.57 Å². The van der Waals surface area contributed by atoms with Crippen molar-refractivity contribution in [1.29, 1.82) is 0 Å². The summed E-state index contributed by atoms with van der Waals surface area (Å²) in [7, 11) is 0. The van der Waals surface area contributed by atoms with Crippen LogP contribution in [-0.4, -0.2) is 5.78 Å². The number of carbonyl (C=O) groups excluding carboxylic acids is 1. The standard InChI is InChI=1S/C14H18ClIO/c1-2-3-4-5-6-7-14(17)11-8-9-13(16)12(15)10-11/h8-10H,2-7H2,1H3. The molecule has 0 aliphatic carbocycles. The van der Waals surface area contributed by atoms with Gasteiger partial charge in [0, 0.05) is 15.6 Å². The Kier molecular flexibility index (Phi) is 7.12. The predicted molar refractivity (Wildman–Crippen MR) is 81.9 cm³/mol. The van der Waals surface area contributed by atoms with Gasteiger partial charge in [-0.2, -0.15) is 0 Å². The predicted octanol–water partition coefficient (Wildman–Crippen LogP) is 5.49. The van der Waals surface area contributed by atoms with Gasteiger partial charge in [-0.15, -0.1) is 0 Å². The highest BCUT2D eigenvalue weighted by molar-refractivity contribution is 14.1. The van der Waals surface area contributed by atoms with Crippen LogP contribution >= 0.6 is 34.2 Å². The van der Waals surface area contributed by atoms with Gasteiger partial charge in [0.2, 0.25) is 0 Å². The lowest BCUT2D eigenvalue weighted by atomic mass is 10.0. The quantitative estimate of drug-likeness (QED) is 0.355. The van der Waals surface area contributed by atoms with E-state index in [1.807, 2.05) is 12.1 Å². The second kappa shape index (κ2) is 8.09. The van der Waals surface area contributed by atoms with Crippen molar-refractivity contribution in [2.45, 2.75) is 45.4 Å². The van der Waals surface area contributed by atoms with Crippen molar-refractivity contribution >= 4 is 40.0 Å². The minimum atomic E-state index is 0.208. The highest BCUT2D eigenvalue weighted by Gasteiger charge is 2.07. The van der Waals surface area contributed by atoms with Crippen molar-refractivity contribution in [3.63, 3.8) is 0 Å². The van der Waals surface area contributed by atoms with Crippen molar-refractivity contribution < 1.29 is 4.79 Å². The van der Waals surface area contributed by atoms with E-state index in [-0.39, 0.29) is 5.78 Å². The third-order valence-electron chi connectivity index (χ3n) is 2.75. The maximum atomic E-state index is 11.9. The number of hydrogen-bond acceptors (Lipinski definition) is 1. The second-order valence-electron chi connectivity index (χ2n) is 4.22. The van der Waals surface area contributed by atoms with Gasteiger partial charge in [-0.05, 0) is 41.1 Å². The molecule has 0 saturated carbocycles. The van der Waals surface area contributed by atoms with Crippen LogP contribution < -0.4 is 0 Å². The highest BCUT2D eigenvalue weighted by atomic mass is 127. The Morgan fingerprint density at radius 2 is 1.94 bits per heavy atom. The summed E-state index contributed by atoms with van der Waals surface area (Å²) < 4.78 is 0.990. The molecule has 0 spiro atoms. The molecular weight excluding hydrogens is 347 g/mol. The number of unbranched alkanes of at least 4 members (excludes halogenated alkanes) is 4. The Morgan fingerprint density at radius 3 is 2.59 bits per heavy atom. The Balaban J connectivity index is 2.39. The van der Waals surface area contributed by atoms with Crippen LogP contribution in [0.1, 0.15) is 55.8 Å². The number of Topliss-reactive ketones (excluding diaryl/α,β-unsaturated/α-hetero) is 1. The lowest BCUT2D eigenvalue weighted by Gasteiger charge is -2.03. The Morgan fingerprint density at radius 1 is 1.24 bits per heavy atom. The molecule has 0 aliphatic rings. The van der Waals surface area contributed by atoms with Crippen LogP contribution in [0.3, 0.4) is 0 Å². The molecule has 1 rings (SSSR count). The number of halogens is 2. The first-order valence-electron chi connectivity index (χ1n) is 6.13. The van der Waals surface area contributed by atoms with E-state index in [1.54, 1.807) is 6.07 Å². The third-order valence-corrected chi connectivity index (χ3v) is 4.32. The van der Waals surface area contributed by atoms with E-state index in [4.69, 9.17) is 11.6 Å². The fraction of sp³-hybridized carbons (Fsp3) is 0.500. The lowest BCUT2D eigenvalue weighted by molar-refractivity contribution is 0.0979. The molecule has 3 heteroatoms. The Bertz CT molecular complexity index is 376. The van der Waals surface area contributed by atoms with Gasteiger partial charge < -0.3 is 0 Å². The minimum Gasteiger partial charge on any atom is -0.294 e. The molecule has 0 N–H and O–H groups in total. The summed E-state index contributed by atoms with van der Waals surface area (Å²) >= 11 is 8.17. The number of benzene rings is 1. The van der Waals surface area contributed by atoms with Crippen LogP contribution in [-0.2, 0) is 0 Å². The van der Waals surface area contributed by atoms with Crippen molar-refractivity contribution in [2.24, 2.45) is 0 Å². The van der Waals surface area contributed by atoms with Crippen molar-refractivity contribution in [1.82, 2.24) is 0 Å². The molecule has 0 aromatic heterocycles. The van der Waals surface area contributed by atoms with Crippen LogP contribution in [0.5, 0.6) is 0 Å². The fourth-order valence-electron chi connectivity index (χ4n) is 1.70. The molecule has 0 unspecified atom stereocenters. The molecular formula is C14H18ClIO. The zero-order valence-electron chi connectivity index (χ0n) is 10.1. The Labute approximate surface area is 122 Å². The van der Waals surface area contributed by atoms with E-state index in [2.05, 4.69) is 29.5 Å². The highest BCUT2D eigenvalue weighted by Crippen LogP contribution is 2.21. The fourth-order valence-corrected chi connectivity index (χ4v) is 2.22. The number of ketones is 1. The van der Waals surface area contributed by atoms with E-state index < -0.39 is 0 Å². The normalized spacial score (nSPS) is 10.5. The topological polar surface area (TPSA) is 17.1 Å². The van der Waals surface area contributed by atoms with Crippen LogP contribution in [0.25, 0.3) is 0 Å². The minimum absolute atomic E-state index is 0.208. The van der Waals surface area contributed by atoms with Gasteiger partial charge in [-0.1, -0.05) is 50.3 Å². The van der Waals surface area contributed by atoms with Gasteiger partial charge in [0.25, 0.3) is 0 Å². The molecule has 0 aliphatic heterocycles. The summed E-state index contributed by atoms with van der Waals surface area (Å²) in [6, 6.07) is 5.53. The van der Waals surface area contributed by atoms with Crippen LogP contribution in [0.4, 0.5) is 0 Å². The molecule has 0 radical (unpaired) electrons. The monoisotopic (exact) mass is 364 g/mol. The summed E-state index contributed by atoms with van der Waals surface area (Å²) in [4.78, 5) is 11.9. The first-order valence-corrected chi connectivity index (χ1v) is 7.59. The average Bonchev–Trinajstić information content (AvgIpc) is 2.32. The van der Waals surface area contributed by atoms with Crippen molar-refractivity contribution in [3.8, 4) is 0 Å².